The lowest BCUT2D eigenvalue weighted by Gasteiger charge is -1.95. The number of hydrogen-bond donors (Lipinski definition) is 1. The molecule has 3 heteroatoms. The molecule has 0 atom stereocenters. The van der Waals surface area contributed by atoms with Crippen molar-refractivity contribution in [3.05, 3.63) is 35.8 Å². The van der Waals surface area contributed by atoms with Crippen LogP contribution in [-0.4, -0.2) is 6.54 Å². The summed E-state index contributed by atoms with van der Waals surface area (Å²) in [7, 11) is 0. The standard InChI is InChI=1S/C8H10ClNO/c1-2-5-10-6-7-3-4-8(9)11-7/h2-4,10H,1,5-6H2. The molecule has 1 heterocycles. The fraction of sp³-hybridized carbons (Fsp3) is 0.250. The first-order chi connectivity index (χ1) is 5.33. The van der Waals surface area contributed by atoms with Crippen LogP contribution in [0, 0.1) is 0 Å². The largest absolute Gasteiger partial charge is 0.448 e. The molecular weight excluding hydrogens is 162 g/mol. The minimum atomic E-state index is 0.431. The Morgan fingerprint density at radius 2 is 2.45 bits per heavy atom. The van der Waals surface area contributed by atoms with E-state index in [0.717, 1.165) is 12.3 Å². The summed E-state index contributed by atoms with van der Waals surface area (Å²) in [6, 6.07) is 3.57. The van der Waals surface area contributed by atoms with Gasteiger partial charge in [0.15, 0.2) is 5.22 Å². The smallest absolute Gasteiger partial charge is 0.193 e. The van der Waals surface area contributed by atoms with Crippen LogP contribution in [0.1, 0.15) is 5.76 Å². The SMILES string of the molecule is C=CCNCc1ccc(Cl)o1. The molecule has 0 saturated heterocycles. The Morgan fingerprint density at radius 3 is 3.00 bits per heavy atom. The van der Waals surface area contributed by atoms with Crippen LogP contribution in [0.2, 0.25) is 5.22 Å². The highest BCUT2D eigenvalue weighted by atomic mass is 35.5. The van der Waals surface area contributed by atoms with Crippen LogP contribution < -0.4 is 5.32 Å². The molecule has 1 rings (SSSR count). The van der Waals surface area contributed by atoms with E-state index in [1.54, 1.807) is 12.1 Å². The van der Waals surface area contributed by atoms with Gasteiger partial charge in [0.1, 0.15) is 5.76 Å². The Balaban J connectivity index is 2.32. The Morgan fingerprint density at radius 1 is 1.64 bits per heavy atom. The number of furan rings is 1. The van der Waals surface area contributed by atoms with Crippen LogP contribution in [0.4, 0.5) is 0 Å². The Kier molecular flexibility index (Phi) is 3.20. The normalized spacial score (nSPS) is 9.91. The topological polar surface area (TPSA) is 25.2 Å². The van der Waals surface area contributed by atoms with Crippen molar-refractivity contribution < 1.29 is 4.42 Å². The lowest BCUT2D eigenvalue weighted by Crippen LogP contribution is -2.11. The molecule has 0 amide bonds. The minimum absolute atomic E-state index is 0.431. The third kappa shape index (κ3) is 2.78. The Bertz CT molecular complexity index is 232. The van der Waals surface area contributed by atoms with Crippen molar-refractivity contribution in [2.75, 3.05) is 6.54 Å². The number of halogens is 1. The summed E-state index contributed by atoms with van der Waals surface area (Å²) >= 11 is 5.56. The van der Waals surface area contributed by atoms with Crippen molar-refractivity contribution in [3.63, 3.8) is 0 Å². The van der Waals surface area contributed by atoms with Crippen LogP contribution in [0.5, 0.6) is 0 Å². The van der Waals surface area contributed by atoms with Crippen LogP contribution in [0.3, 0.4) is 0 Å². The molecule has 0 aromatic carbocycles. The highest BCUT2D eigenvalue weighted by Gasteiger charge is 1.96. The van der Waals surface area contributed by atoms with Gasteiger partial charge in [0.25, 0.3) is 0 Å². The first-order valence-electron chi connectivity index (χ1n) is 3.39. The molecule has 0 fully saturated rings. The molecule has 0 spiro atoms. The minimum Gasteiger partial charge on any atom is -0.448 e. The maximum absolute atomic E-state index is 5.56. The predicted octanol–water partition coefficient (Wildman–Crippen LogP) is 2.21. The van der Waals surface area contributed by atoms with Crippen molar-refractivity contribution in [2.24, 2.45) is 0 Å². The first kappa shape index (κ1) is 8.37. The first-order valence-corrected chi connectivity index (χ1v) is 3.76. The van der Waals surface area contributed by atoms with E-state index < -0.39 is 0 Å². The predicted molar refractivity (Wildman–Crippen MR) is 45.6 cm³/mol. The maximum Gasteiger partial charge on any atom is 0.193 e. The highest BCUT2D eigenvalue weighted by Crippen LogP contribution is 2.12. The molecular formula is C8H10ClNO. The molecule has 0 aliphatic heterocycles. The zero-order valence-electron chi connectivity index (χ0n) is 6.14. The molecule has 0 aliphatic carbocycles. The second-order valence-electron chi connectivity index (χ2n) is 2.13. The lowest BCUT2D eigenvalue weighted by atomic mass is 10.4. The van der Waals surface area contributed by atoms with E-state index in [1.165, 1.54) is 0 Å². The third-order valence-corrected chi connectivity index (χ3v) is 1.42. The van der Waals surface area contributed by atoms with Crippen molar-refractivity contribution in [1.29, 1.82) is 0 Å². The summed E-state index contributed by atoms with van der Waals surface area (Å²) < 4.78 is 5.10. The summed E-state index contributed by atoms with van der Waals surface area (Å²) in [5.41, 5.74) is 0. The average molecular weight is 172 g/mol. The van der Waals surface area contributed by atoms with E-state index in [4.69, 9.17) is 16.0 Å². The second kappa shape index (κ2) is 4.21. The summed E-state index contributed by atoms with van der Waals surface area (Å²) in [4.78, 5) is 0. The van der Waals surface area contributed by atoms with Gasteiger partial charge in [0, 0.05) is 6.54 Å². The average Bonchev–Trinajstić information content (AvgIpc) is 2.37. The number of hydrogen-bond acceptors (Lipinski definition) is 2. The fourth-order valence-electron chi connectivity index (χ4n) is 0.744. The highest BCUT2D eigenvalue weighted by molar-refractivity contribution is 6.28. The van der Waals surface area contributed by atoms with Crippen molar-refractivity contribution in [2.45, 2.75) is 6.54 Å². The third-order valence-electron chi connectivity index (χ3n) is 1.22. The van der Waals surface area contributed by atoms with Gasteiger partial charge in [0.2, 0.25) is 0 Å². The van der Waals surface area contributed by atoms with Crippen molar-refractivity contribution >= 4 is 11.6 Å². The van der Waals surface area contributed by atoms with Crippen molar-refractivity contribution in [3.8, 4) is 0 Å². The van der Waals surface area contributed by atoms with Crippen LogP contribution in [-0.2, 0) is 6.54 Å². The molecule has 2 nitrogen and oxygen atoms in total. The lowest BCUT2D eigenvalue weighted by molar-refractivity contribution is 0.492. The summed E-state index contributed by atoms with van der Waals surface area (Å²) in [6.45, 7) is 5.05. The van der Waals surface area contributed by atoms with E-state index in [1.807, 2.05) is 6.07 Å². The molecule has 0 aliphatic rings. The number of rotatable bonds is 4. The Labute approximate surface area is 70.8 Å². The molecule has 1 aromatic heterocycles. The van der Waals surface area contributed by atoms with Crippen LogP contribution in [0.15, 0.2) is 29.2 Å². The molecule has 1 N–H and O–H groups in total. The van der Waals surface area contributed by atoms with Crippen LogP contribution >= 0.6 is 11.6 Å². The van der Waals surface area contributed by atoms with Gasteiger partial charge < -0.3 is 9.73 Å². The zero-order valence-corrected chi connectivity index (χ0v) is 6.90. The van der Waals surface area contributed by atoms with Crippen molar-refractivity contribution in [1.82, 2.24) is 5.32 Å². The van der Waals surface area contributed by atoms with Crippen LogP contribution in [0.25, 0.3) is 0 Å². The second-order valence-corrected chi connectivity index (χ2v) is 2.50. The zero-order chi connectivity index (χ0) is 8.10. The molecule has 0 saturated carbocycles. The molecule has 0 unspecified atom stereocenters. The van der Waals surface area contributed by atoms with Gasteiger partial charge in [-0.25, -0.2) is 0 Å². The van der Waals surface area contributed by atoms with Gasteiger partial charge in [0.05, 0.1) is 6.54 Å². The van der Waals surface area contributed by atoms with Gasteiger partial charge in [-0.15, -0.1) is 6.58 Å². The van der Waals surface area contributed by atoms with E-state index in [2.05, 4.69) is 11.9 Å². The van der Waals surface area contributed by atoms with Gasteiger partial charge in [-0.3, -0.25) is 0 Å². The Hall–Kier alpha value is -0.730. The molecule has 0 bridgehead atoms. The molecule has 60 valence electrons. The van der Waals surface area contributed by atoms with E-state index in [-0.39, 0.29) is 0 Å². The maximum atomic E-state index is 5.56. The molecule has 1 aromatic rings. The quantitative estimate of drug-likeness (QED) is 0.555. The van der Waals surface area contributed by atoms with Gasteiger partial charge >= 0.3 is 0 Å². The summed E-state index contributed by atoms with van der Waals surface area (Å²) in [5.74, 6) is 0.844. The van der Waals surface area contributed by atoms with E-state index in [0.29, 0.717) is 11.8 Å². The monoisotopic (exact) mass is 171 g/mol. The van der Waals surface area contributed by atoms with E-state index in [9.17, 15) is 0 Å². The van der Waals surface area contributed by atoms with Gasteiger partial charge in [-0.1, -0.05) is 6.08 Å². The summed E-state index contributed by atoms with van der Waals surface area (Å²) in [5, 5.41) is 3.53. The summed E-state index contributed by atoms with van der Waals surface area (Å²) in [6.07, 6.45) is 1.80. The van der Waals surface area contributed by atoms with Gasteiger partial charge in [-0.2, -0.15) is 0 Å². The molecule has 0 radical (unpaired) electrons. The number of nitrogens with one attached hydrogen (secondary N) is 1. The van der Waals surface area contributed by atoms with E-state index >= 15 is 0 Å². The molecule has 11 heavy (non-hydrogen) atoms. The van der Waals surface area contributed by atoms with Gasteiger partial charge in [-0.05, 0) is 23.7 Å². The fourth-order valence-corrected chi connectivity index (χ4v) is 0.906.